The molecule has 1 fully saturated rings. The molecule has 2 N–H and O–H groups in total. The maximum absolute atomic E-state index is 5.97. The number of thiocarbonyl (C=S) groups is 1. The second-order valence-corrected chi connectivity index (χ2v) is 8.33. The zero-order valence-electron chi connectivity index (χ0n) is 17.9. The van der Waals surface area contributed by atoms with Crippen LogP contribution in [0, 0.1) is 13.8 Å². The van der Waals surface area contributed by atoms with Crippen LogP contribution in [0.2, 0.25) is 0 Å². The Morgan fingerprint density at radius 1 is 0.906 bits per heavy atom. The number of ether oxygens (including phenoxy) is 1. The molecule has 2 aromatic heterocycles. The fourth-order valence-corrected chi connectivity index (χ4v) is 4.65. The maximum atomic E-state index is 5.97. The van der Waals surface area contributed by atoms with E-state index in [0.717, 1.165) is 34.3 Å². The number of nitrogens with zero attached hydrogens (tertiary/aromatic N) is 2. The molecule has 0 amide bonds. The van der Waals surface area contributed by atoms with Gasteiger partial charge in [-0.25, -0.2) is 0 Å². The van der Waals surface area contributed by atoms with Gasteiger partial charge in [-0.3, -0.25) is 4.98 Å². The van der Waals surface area contributed by atoms with E-state index in [1.807, 2.05) is 66.9 Å². The number of hydrogen-bond acceptors (Lipinski definition) is 3. The number of para-hydroxylation sites is 1. The Morgan fingerprint density at radius 3 is 2.28 bits per heavy atom. The van der Waals surface area contributed by atoms with Gasteiger partial charge in [0.1, 0.15) is 11.5 Å². The smallest absolute Gasteiger partial charge is 0.174 e. The highest BCUT2D eigenvalue weighted by Gasteiger charge is 2.41. The minimum absolute atomic E-state index is 0.0248. The van der Waals surface area contributed by atoms with Crippen LogP contribution in [-0.2, 0) is 0 Å². The third kappa shape index (κ3) is 3.85. The molecule has 5 nitrogen and oxygen atoms in total. The highest BCUT2D eigenvalue weighted by atomic mass is 32.1. The fraction of sp³-hybridized carbons (Fsp3) is 0.154. The number of aryl methyl sites for hydroxylation is 2. The second kappa shape index (κ2) is 8.48. The summed E-state index contributed by atoms with van der Waals surface area (Å²) >= 11 is 5.81. The van der Waals surface area contributed by atoms with Gasteiger partial charge in [0.05, 0.1) is 17.8 Å². The van der Waals surface area contributed by atoms with E-state index in [-0.39, 0.29) is 12.1 Å². The molecule has 0 saturated carbocycles. The first-order valence-electron chi connectivity index (χ1n) is 10.6. The summed E-state index contributed by atoms with van der Waals surface area (Å²) in [5.74, 6) is 1.59. The Labute approximate surface area is 193 Å². The SMILES string of the molecule is Cc1cc([C@H]2[C@@H](c3ccccn3)NC(=S)N2c2ccc(Oc3ccccc3)cc2)c(C)[nH]1. The van der Waals surface area contributed by atoms with Gasteiger partial charge in [-0.15, -0.1) is 0 Å². The van der Waals surface area contributed by atoms with Gasteiger partial charge in [-0.05, 0) is 86.2 Å². The van der Waals surface area contributed by atoms with Crippen LogP contribution in [0.25, 0.3) is 0 Å². The quantitative estimate of drug-likeness (QED) is 0.373. The van der Waals surface area contributed by atoms with Gasteiger partial charge in [-0.1, -0.05) is 24.3 Å². The molecule has 0 spiro atoms. The highest BCUT2D eigenvalue weighted by Crippen LogP contribution is 2.43. The van der Waals surface area contributed by atoms with Crippen LogP contribution in [0.1, 0.15) is 34.7 Å². The highest BCUT2D eigenvalue weighted by molar-refractivity contribution is 7.80. The summed E-state index contributed by atoms with van der Waals surface area (Å²) in [6.45, 7) is 4.18. The number of aromatic nitrogens is 2. The molecule has 1 aliphatic heterocycles. The molecule has 2 aromatic carbocycles. The summed E-state index contributed by atoms with van der Waals surface area (Å²) in [5, 5.41) is 4.19. The summed E-state index contributed by atoms with van der Waals surface area (Å²) in [7, 11) is 0. The van der Waals surface area contributed by atoms with Crippen LogP contribution in [-0.4, -0.2) is 15.1 Å². The summed E-state index contributed by atoms with van der Waals surface area (Å²) in [5.41, 5.74) is 5.43. The maximum Gasteiger partial charge on any atom is 0.174 e. The number of aromatic amines is 1. The first kappa shape index (κ1) is 20.3. The lowest BCUT2D eigenvalue weighted by Crippen LogP contribution is -2.29. The van der Waals surface area contributed by atoms with Crippen molar-refractivity contribution in [2.75, 3.05) is 4.90 Å². The zero-order chi connectivity index (χ0) is 22.1. The summed E-state index contributed by atoms with van der Waals surface area (Å²) < 4.78 is 5.97. The fourth-order valence-electron chi connectivity index (χ4n) is 4.30. The van der Waals surface area contributed by atoms with Crippen LogP contribution in [0.4, 0.5) is 5.69 Å². The molecule has 0 bridgehead atoms. The Morgan fingerprint density at radius 2 is 1.62 bits per heavy atom. The van der Waals surface area contributed by atoms with Gasteiger partial charge < -0.3 is 19.9 Å². The molecule has 0 unspecified atom stereocenters. The van der Waals surface area contributed by atoms with E-state index >= 15 is 0 Å². The van der Waals surface area contributed by atoms with E-state index in [2.05, 4.69) is 52.2 Å². The van der Waals surface area contributed by atoms with Crippen LogP contribution >= 0.6 is 12.2 Å². The third-order valence-corrected chi connectivity index (χ3v) is 6.01. The number of anilines is 1. The summed E-state index contributed by atoms with van der Waals surface area (Å²) in [6, 6.07) is 25.9. The van der Waals surface area contributed by atoms with Gasteiger partial charge in [0.15, 0.2) is 5.11 Å². The Kier molecular flexibility index (Phi) is 5.37. The van der Waals surface area contributed by atoms with Gasteiger partial charge in [0, 0.05) is 23.3 Å². The van der Waals surface area contributed by atoms with E-state index < -0.39 is 0 Å². The lowest BCUT2D eigenvalue weighted by molar-refractivity contribution is 0.482. The van der Waals surface area contributed by atoms with Crippen molar-refractivity contribution < 1.29 is 4.74 Å². The lowest BCUT2D eigenvalue weighted by Gasteiger charge is -2.28. The predicted octanol–water partition coefficient (Wildman–Crippen LogP) is 6.00. The van der Waals surface area contributed by atoms with Crippen LogP contribution < -0.4 is 15.0 Å². The molecular weight excluding hydrogens is 416 g/mol. The Bertz CT molecular complexity index is 1220. The molecule has 2 atom stereocenters. The normalized spacial score (nSPS) is 17.9. The first-order valence-corrected chi connectivity index (χ1v) is 11.0. The number of nitrogens with one attached hydrogen (secondary N) is 2. The first-order chi connectivity index (χ1) is 15.6. The van der Waals surface area contributed by atoms with Crippen LogP contribution in [0.3, 0.4) is 0 Å². The van der Waals surface area contributed by atoms with Crippen molar-refractivity contribution in [1.82, 2.24) is 15.3 Å². The number of rotatable bonds is 5. The molecule has 0 radical (unpaired) electrons. The monoisotopic (exact) mass is 440 g/mol. The number of pyridine rings is 1. The van der Waals surface area contributed by atoms with Crippen molar-refractivity contribution in [2.24, 2.45) is 0 Å². The average Bonchev–Trinajstić information content (AvgIpc) is 3.33. The molecule has 6 heteroatoms. The van der Waals surface area contributed by atoms with Crippen molar-refractivity contribution in [2.45, 2.75) is 25.9 Å². The number of hydrogen-bond donors (Lipinski definition) is 2. The van der Waals surface area contributed by atoms with Crippen molar-refractivity contribution in [1.29, 1.82) is 0 Å². The van der Waals surface area contributed by atoms with Crippen molar-refractivity contribution >= 4 is 23.0 Å². The largest absolute Gasteiger partial charge is 0.457 e. The van der Waals surface area contributed by atoms with Crippen molar-refractivity contribution in [3.05, 3.63) is 108 Å². The minimum atomic E-state index is -0.0576. The zero-order valence-corrected chi connectivity index (χ0v) is 18.8. The minimum Gasteiger partial charge on any atom is -0.457 e. The van der Waals surface area contributed by atoms with Crippen molar-refractivity contribution in [3.8, 4) is 11.5 Å². The lowest BCUT2D eigenvalue weighted by atomic mass is 9.96. The molecule has 4 aromatic rings. The molecule has 0 aliphatic carbocycles. The Balaban J connectivity index is 1.51. The van der Waals surface area contributed by atoms with Crippen molar-refractivity contribution in [3.63, 3.8) is 0 Å². The van der Waals surface area contributed by atoms with Crippen LogP contribution in [0.15, 0.2) is 85.1 Å². The van der Waals surface area contributed by atoms with Gasteiger partial charge in [-0.2, -0.15) is 0 Å². The summed E-state index contributed by atoms with van der Waals surface area (Å²) in [4.78, 5) is 10.2. The predicted molar refractivity (Wildman–Crippen MR) is 131 cm³/mol. The van der Waals surface area contributed by atoms with Crippen LogP contribution in [0.5, 0.6) is 11.5 Å². The van der Waals surface area contributed by atoms with E-state index in [4.69, 9.17) is 17.0 Å². The van der Waals surface area contributed by atoms with E-state index in [0.29, 0.717) is 5.11 Å². The second-order valence-electron chi connectivity index (χ2n) is 7.94. The van der Waals surface area contributed by atoms with E-state index in [1.165, 1.54) is 5.56 Å². The number of H-pyrrole nitrogens is 1. The standard InChI is InChI=1S/C26H24N4OS/c1-17-16-22(18(2)28-17)25-24(23-10-6-7-15-27-23)29-26(32)30(25)19-11-13-21(14-12-19)31-20-8-4-3-5-9-20/h3-16,24-25,28H,1-2H3,(H,29,32)/t24-,25+/m1/s1. The van der Waals surface area contributed by atoms with Gasteiger partial charge in [0.2, 0.25) is 0 Å². The molecule has 32 heavy (non-hydrogen) atoms. The molecule has 1 aliphatic rings. The van der Waals surface area contributed by atoms with Gasteiger partial charge in [0.25, 0.3) is 0 Å². The Hall–Kier alpha value is -3.64. The van der Waals surface area contributed by atoms with E-state index in [9.17, 15) is 0 Å². The molecule has 3 heterocycles. The summed E-state index contributed by atoms with van der Waals surface area (Å²) in [6.07, 6.45) is 1.82. The molecule has 1 saturated heterocycles. The molecule has 5 rings (SSSR count). The third-order valence-electron chi connectivity index (χ3n) is 5.70. The topological polar surface area (TPSA) is 53.2 Å². The average molecular weight is 441 g/mol. The number of benzene rings is 2. The molecular formula is C26H24N4OS. The van der Waals surface area contributed by atoms with E-state index in [1.54, 1.807) is 0 Å². The molecule has 160 valence electrons. The van der Waals surface area contributed by atoms with Gasteiger partial charge >= 0.3 is 0 Å².